The van der Waals surface area contributed by atoms with Gasteiger partial charge in [-0.25, -0.2) is 0 Å². The van der Waals surface area contributed by atoms with Crippen molar-refractivity contribution >= 4 is 0 Å². The Morgan fingerprint density at radius 3 is 2.68 bits per heavy atom. The van der Waals surface area contributed by atoms with Crippen molar-refractivity contribution in [3.63, 3.8) is 0 Å². The molecule has 2 aliphatic rings. The molecule has 2 rings (SSSR count). The van der Waals surface area contributed by atoms with E-state index in [0.717, 1.165) is 44.2 Å². The second-order valence-electron chi connectivity index (χ2n) is 6.99. The third-order valence-corrected chi connectivity index (χ3v) is 5.57. The van der Waals surface area contributed by atoms with Gasteiger partial charge in [0.25, 0.3) is 0 Å². The number of hydrogen-bond donors (Lipinski definition) is 1. The molecule has 3 nitrogen and oxygen atoms in total. The van der Waals surface area contributed by atoms with E-state index in [-0.39, 0.29) is 5.54 Å². The lowest BCUT2D eigenvalue weighted by Crippen LogP contribution is -2.64. The fourth-order valence-corrected chi connectivity index (χ4v) is 4.17. The van der Waals surface area contributed by atoms with Crippen LogP contribution in [0.15, 0.2) is 0 Å². The van der Waals surface area contributed by atoms with Crippen LogP contribution in [0.5, 0.6) is 0 Å². The molecule has 0 bridgehead atoms. The van der Waals surface area contributed by atoms with E-state index in [2.05, 4.69) is 32.6 Å². The Morgan fingerprint density at radius 1 is 1.32 bits per heavy atom. The molecule has 0 spiro atoms. The van der Waals surface area contributed by atoms with Crippen LogP contribution in [0.4, 0.5) is 0 Å². The standard InChI is InChI=1S/C16H32N2O/c1-5-15-9-16(11-17,6-7-19-15)18-10-12(2)8-13(3)14(18)4/h12-15H,5-11,17H2,1-4H3. The number of hydrogen-bond acceptors (Lipinski definition) is 3. The Bertz CT molecular complexity index is 296. The summed E-state index contributed by atoms with van der Waals surface area (Å²) in [4.78, 5) is 2.73. The van der Waals surface area contributed by atoms with Gasteiger partial charge in [0.15, 0.2) is 0 Å². The van der Waals surface area contributed by atoms with Gasteiger partial charge in [-0.05, 0) is 44.4 Å². The van der Waals surface area contributed by atoms with Crippen LogP contribution in [0, 0.1) is 11.8 Å². The van der Waals surface area contributed by atoms with Crippen molar-refractivity contribution in [3.8, 4) is 0 Å². The molecular formula is C16H32N2O. The molecule has 0 aromatic rings. The first-order valence-electron chi connectivity index (χ1n) is 8.11. The average Bonchev–Trinajstić information content (AvgIpc) is 2.42. The van der Waals surface area contributed by atoms with Gasteiger partial charge in [0, 0.05) is 31.3 Å². The molecule has 5 unspecified atom stereocenters. The van der Waals surface area contributed by atoms with Gasteiger partial charge in [-0.2, -0.15) is 0 Å². The zero-order valence-corrected chi connectivity index (χ0v) is 13.2. The second kappa shape index (κ2) is 6.11. The summed E-state index contributed by atoms with van der Waals surface area (Å²) >= 11 is 0. The lowest BCUT2D eigenvalue weighted by Gasteiger charge is -2.55. The third kappa shape index (κ3) is 2.98. The van der Waals surface area contributed by atoms with Gasteiger partial charge in [0.1, 0.15) is 0 Å². The first-order valence-corrected chi connectivity index (χ1v) is 8.11. The highest BCUT2D eigenvalue weighted by atomic mass is 16.5. The molecule has 0 saturated carbocycles. The lowest BCUT2D eigenvalue weighted by molar-refractivity contribution is -0.104. The number of rotatable bonds is 3. The third-order valence-electron chi connectivity index (χ3n) is 5.57. The van der Waals surface area contributed by atoms with E-state index in [1.165, 1.54) is 13.0 Å². The molecule has 19 heavy (non-hydrogen) atoms. The zero-order chi connectivity index (χ0) is 14.0. The molecule has 0 amide bonds. The first kappa shape index (κ1) is 15.3. The summed E-state index contributed by atoms with van der Waals surface area (Å²) in [5.41, 5.74) is 6.42. The van der Waals surface area contributed by atoms with E-state index in [9.17, 15) is 0 Å². The van der Waals surface area contributed by atoms with Gasteiger partial charge in [-0.3, -0.25) is 4.90 Å². The van der Waals surface area contributed by atoms with Gasteiger partial charge in [0.2, 0.25) is 0 Å². The topological polar surface area (TPSA) is 38.5 Å². The number of piperidine rings is 1. The van der Waals surface area contributed by atoms with Crippen molar-refractivity contribution in [1.82, 2.24) is 4.90 Å². The fraction of sp³-hybridized carbons (Fsp3) is 1.00. The van der Waals surface area contributed by atoms with Crippen LogP contribution in [0.1, 0.15) is 53.4 Å². The number of nitrogens with zero attached hydrogens (tertiary/aromatic N) is 1. The van der Waals surface area contributed by atoms with Crippen molar-refractivity contribution in [2.75, 3.05) is 19.7 Å². The molecule has 112 valence electrons. The largest absolute Gasteiger partial charge is 0.378 e. The van der Waals surface area contributed by atoms with E-state index >= 15 is 0 Å². The van der Waals surface area contributed by atoms with Crippen molar-refractivity contribution in [2.45, 2.75) is 71.1 Å². The maximum Gasteiger partial charge on any atom is 0.0590 e. The number of nitrogens with two attached hydrogens (primary N) is 1. The molecule has 0 aromatic carbocycles. The van der Waals surface area contributed by atoms with Gasteiger partial charge < -0.3 is 10.5 Å². The van der Waals surface area contributed by atoms with E-state index in [1.807, 2.05) is 0 Å². The monoisotopic (exact) mass is 268 g/mol. The molecule has 0 aliphatic carbocycles. The molecule has 2 fully saturated rings. The summed E-state index contributed by atoms with van der Waals surface area (Å²) in [6, 6.07) is 0.648. The predicted molar refractivity (Wildman–Crippen MR) is 80.2 cm³/mol. The Hall–Kier alpha value is -0.120. The Balaban J connectivity index is 2.19. The zero-order valence-electron chi connectivity index (χ0n) is 13.2. The average molecular weight is 268 g/mol. The summed E-state index contributed by atoms with van der Waals surface area (Å²) in [6.07, 6.45) is 5.08. The molecule has 2 heterocycles. The summed E-state index contributed by atoms with van der Waals surface area (Å²) < 4.78 is 5.88. The van der Waals surface area contributed by atoms with Crippen LogP contribution in [0.3, 0.4) is 0 Å². The summed E-state index contributed by atoms with van der Waals surface area (Å²) in [5.74, 6) is 1.56. The van der Waals surface area contributed by atoms with Gasteiger partial charge in [-0.1, -0.05) is 20.8 Å². The maximum atomic E-state index is 6.24. The predicted octanol–water partition coefficient (Wildman–Crippen LogP) is 2.64. The molecule has 2 aliphatic heterocycles. The minimum absolute atomic E-state index is 0.182. The molecular weight excluding hydrogens is 236 g/mol. The molecule has 2 N–H and O–H groups in total. The molecule has 0 aromatic heterocycles. The van der Waals surface area contributed by atoms with E-state index < -0.39 is 0 Å². The number of ether oxygens (including phenoxy) is 1. The first-order chi connectivity index (χ1) is 9.02. The highest BCUT2D eigenvalue weighted by Crippen LogP contribution is 2.38. The van der Waals surface area contributed by atoms with E-state index in [0.29, 0.717) is 12.1 Å². The van der Waals surface area contributed by atoms with Gasteiger partial charge in [0.05, 0.1) is 6.10 Å². The smallest absolute Gasteiger partial charge is 0.0590 e. The van der Waals surface area contributed by atoms with Crippen molar-refractivity contribution in [3.05, 3.63) is 0 Å². The van der Waals surface area contributed by atoms with Crippen molar-refractivity contribution in [2.24, 2.45) is 17.6 Å². The van der Waals surface area contributed by atoms with Gasteiger partial charge in [-0.15, -0.1) is 0 Å². The van der Waals surface area contributed by atoms with Crippen LogP contribution < -0.4 is 5.73 Å². The maximum absolute atomic E-state index is 6.24. The summed E-state index contributed by atoms with van der Waals surface area (Å²) in [5, 5.41) is 0. The number of likely N-dealkylation sites (tertiary alicyclic amines) is 1. The molecule has 3 heteroatoms. The minimum atomic E-state index is 0.182. The lowest BCUT2D eigenvalue weighted by atomic mass is 9.77. The van der Waals surface area contributed by atoms with Crippen molar-refractivity contribution in [1.29, 1.82) is 0 Å². The fourth-order valence-electron chi connectivity index (χ4n) is 4.17. The molecule has 0 radical (unpaired) electrons. The Morgan fingerprint density at radius 2 is 2.05 bits per heavy atom. The molecule has 5 atom stereocenters. The van der Waals surface area contributed by atoms with Crippen LogP contribution >= 0.6 is 0 Å². The highest BCUT2D eigenvalue weighted by Gasteiger charge is 2.45. The Labute approximate surface area is 118 Å². The normalized spacial score (nSPS) is 45.3. The quantitative estimate of drug-likeness (QED) is 0.855. The van der Waals surface area contributed by atoms with Crippen LogP contribution in [0.25, 0.3) is 0 Å². The SMILES string of the molecule is CCC1CC(CN)(N2CC(C)CC(C)C2C)CCO1. The van der Waals surface area contributed by atoms with Crippen LogP contribution in [-0.4, -0.2) is 42.3 Å². The van der Waals surface area contributed by atoms with Crippen LogP contribution in [0.2, 0.25) is 0 Å². The van der Waals surface area contributed by atoms with Gasteiger partial charge >= 0.3 is 0 Å². The Kier molecular flexibility index (Phi) is 4.91. The highest BCUT2D eigenvalue weighted by molar-refractivity contribution is 5.00. The summed E-state index contributed by atoms with van der Waals surface area (Å²) in [7, 11) is 0. The summed E-state index contributed by atoms with van der Waals surface area (Å²) in [6.45, 7) is 12.3. The van der Waals surface area contributed by atoms with E-state index in [1.54, 1.807) is 0 Å². The van der Waals surface area contributed by atoms with Crippen LogP contribution in [-0.2, 0) is 4.74 Å². The minimum Gasteiger partial charge on any atom is -0.378 e. The molecule has 2 saturated heterocycles. The van der Waals surface area contributed by atoms with Crippen molar-refractivity contribution < 1.29 is 4.74 Å². The second-order valence-corrected chi connectivity index (χ2v) is 6.99. The van der Waals surface area contributed by atoms with E-state index in [4.69, 9.17) is 10.5 Å².